The van der Waals surface area contributed by atoms with Gasteiger partial charge in [-0.2, -0.15) is 0 Å². The third kappa shape index (κ3) is 5.01. The Balaban J connectivity index is 1.69. The number of halogens is 1. The highest BCUT2D eigenvalue weighted by Crippen LogP contribution is 2.32. The number of hydrogen-bond acceptors (Lipinski definition) is 4. The van der Waals surface area contributed by atoms with Gasteiger partial charge in [0.05, 0.1) is 16.6 Å². The average molecular weight is 417 g/mol. The molecule has 1 aliphatic rings. The molecule has 3 rings (SSSR count). The van der Waals surface area contributed by atoms with E-state index in [0.29, 0.717) is 35.3 Å². The topological polar surface area (TPSA) is 76.7 Å². The van der Waals surface area contributed by atoms with E-state index in [9.17, 15) is 9.59 Å². The van der Waals surface area contributed by atoms with E-state index in [1.165, 1.54) is 0 Å². The zero-order chi connectivity index (χ0) is 21.0. The van der Waals surface area contributed by atoms with Crippen LogP contribution in [0.25, 0.3) is 0 Å². The van der Waals surface area contributed by atoms with Crippen molar-refractivity contribution in [3.8, 4) is 11.5 Å². The fourth-order valence-electron chi connectivity index (χ4n) is 3.12. The van der Waals surface area contributed by atoms with E-state index < -0.39 is 6.04 Å². The number of rotatable bonds is 6. The summed E-state index contributed by atoms with van der Waals surface area (Å²) in [4.78, 5) is 25.5. The van der Waals surface area contributed by atoms with Gasteiger partial charge in [-0.1, -0.05) is 43.6 Å². The van der Waals surface area contributed by atoms with Gasteiger partial charge in [0.15, 0.2) is 11.5 Å². The summed E-state index contributed by atoms with van der Waals surface area (Å²) in [6.07, 6.45) is 0. The third-order valence-electron chi connectivity index (χ3n) is 4.78. The molecule has 154 valence electrons. The van der Waals surface area contributed by atoms with Crippen molar-refractivity contribution in [2.24, 2.45) is 5.92 Å². The van der Waals surface area contributed by atoms with Gasteiger partial charge in [-0.15, -0.1) is 0 Å². The average Bonchev–Trinajstić information content (AvgIpc) is 2.71. The molecule has 0 spiro atoms. The molecule has 29 heavy (non-hydrogen) atoms. The summed E-state index contributed by atoms with van der Waals surface area (Å²) in [5.41, 5.74) is 1.23. The molecule has 0 saturated carbocycles. The van der Waals surface area contributed by atoms with E-state index in [2.05, 4.69) is 10.6 Å². The fraction of sp³-hybridized carbons (Fsp3) is 0.364. The Morgan fingerprint density at radius 1 is 0.966 bits per heavy atom. The van der Waals surface area contributed by atoms with Gasteiger partial charge in [0.2, 0.25) is 5.91 Å². The van der Waals surface area contributed by atoms with Gasteiger partial charge in [0, 0.05) is 0 Å². The minimum absolute atomic E-state index is 0.103. The van der Waals surface area contributed by atoms with Crippen molar-refractivity contribution in [1.29, 1.82) is 0 Å². The minimum Gasteiger partial charge on any atom is -0.486 e. The molecule has 0 radical (unpaired) electrons. The van der Waals surface area contributed by atoms with Gasteiger partial charge < -0.3 is 20.1 Å². The normalized spacial score (nSPS) is 14.8. The molecular formula is C22H25ClN2O4. The maximum absolute atomic E-state index is 12.9. The van der Waals surface area contributed by atoms with Gasteiger partial charge in [0.25, 0.3) is 5.91 Å². The second-order valence-corrected chi connectivity index (χ2v) is 7.72. The molecule has 7 heteroatoms. The minimum atomic E-state index is -0.696. The second-order valence-electron chi connectivity index (χ2n) is 7.31. The van der Waals surface area contributed by atoms with Crippen molar-refractivity contribution in [2.75, 3.05) is 13.2 Å². The van der Waals surface area contributed by atoms with Crippen molar-refractivity contribution >= 4 is 23.4 Å². The van der Waals surface area contributed by atoms with Crippen LogP contribution in [0.4, 0.5) is 0 Å². The van der Waals surface area contributed by atoms with Gasteiger partial charge in [-0.3, -0.25) is 9.59 Å². The van der Waals surface area contributed by atoms with Crippen LogP contribution in [0.15, 0.2) is 42.5 Å². The summed E-state index contributed by atoms with van der Waals surface area (Å²) in [5.74, 6) is 0.626. The number of ether oxygens (including phenoxy) is 2. The van der Waals surface area contributed by atoms with E-state index in [1.807, 2.05) is 39.0 Å². The van der Waals surface area contributed by atoms with Gasteiger partial charge in [-0.05, 0) is 42.7 Å². The summed E-state index contributed by atoms with van der Waals surface area (Å²) < 4.78 is 11.1. The first-order chi connectivity index (χ1) is 13.9. The van der Waals surface area contributed by atoms with Crippen molar-refractivity contribution in [3.05, 3.63) is 58.6 Å². The Morgan fingerprint density at radius 2 is 1.66 bits per heavy atom. The zero-order valence-electron chi connectivity index (χ0n) is 16.7. The first kappa shape index (κ1) is 21.0. The predicted molar refractivity (Wildman–Crippen MR) is 112 cm³/mol. The van der Waals surface area contributed by atoms with E-state index >= 15 is 0 Å². The standard InChI is InChI=1S/C22H25ClN2O4/c1-13(2)20(25-21(26)16-6-4-5-7-17(16)23)22(27)24-14(3)15-8-9-18-19(12-15)29-11-10-28-18/h4-9,12-14,20H,10-11H2,1-3H3,(H,24,27)(H,25,26)/t14-,20-/m1/s1. The quantitative estimate of drug-likeness (QED) is 0.752. The summed E-state index contributed by atoms with van der Waals surface area (Å²) >= 11 is 6.10. The number of hydrogen-bond donors (Lipinski definition) is 2. The van der Waals surface area contributed by atoms with Crippen molar-refractivity contribution in [2.45, 2.75) is 32.9 Å². The lowest BCUT2D eigenvalue weighted by Gasteiger charge is -2.25. The van der Waals surface area contributed by atoms with E-state index in [-0.39, 0.29) is 23.8 Å². The molecule has 6 nitrogen and oxygen atoms in total. The Kier molecular flexibility index (Phi) is 6.64. The third-order valence-corrected chi connectivity index (χ3v) is 5.11. The van der Waals surface area contributed by atoms with Gasteiger partial charge >= 0.3 is 0 Å². The van der Waals surface area contributed by atoms with Crippen LogP contribution in [0.5, 0.6) is 11.5 Å². The Morgan fingerprint density at radius 3 is 2.34 bits per heavy atom. The SMILES string of the molecule is CC(C)[C@@H](NC(=O)c1ccccc1Cl)C(=O)N[C@H](C)c1ccc2c(c1)OCCO2. The molecule has 0 saturated heterocycles. The van der Waals surface area contributed by atoms with Crippen molar-refractivity contribution in [3.63, 3.8) is 0 Å². The molecule has 1 aliphatic heterocycles. The lowest BCUT2D eigenvalue weighted by molar-refractivity contribution is -0.124. The number of carbonyl (C=O) groups excluding carboxylic acids is 2. The maximum atomic E-state index is 12.9. The molecular weight excluding hydrogens is 392 g/mol. The largest absolute Gasteiger partial charge is 0.486 e. The van der Waals surface area contributed by atoms with Crippen LogP contribution in [-0.4, -0.2) is 31.1 Å². The number of amides is 2. The van der Waals surface area contributed by atoms with Crippen LogP contribution in [-0.2, 0) is 4.79 Å². The Bertz CT molecular complexity index is 900. The fourth-order valence-corrected chi connectivity index (χ4v) is 3.34. The summed E-state index contributed by atoms with van der Waals surface area (Å²) in [6.45, 7) is 6.68. The van der Waals surface area contributed by atoms with Crippen LogP contribution in [0.1, 0.15) is 42.7 Å². The molecule has 0 aliphatic carbocycles. The maximum Gasteiger partial charge on any atom is 0.253 e. The molecule has 0 aromatic heterocycles. The summed E-state index contributed by atoms with van der Waals surface area (Å²) in [6, 6.07) is 11.4. The monoisotopic (exact) mass is 416 g/mol. The summed E-state index contributed by atoms with van der Waals surface area (Å²) in [5, 5.41) is 6.12. The molecule has 2 atom stereocenters. The lowest BCUT2D eigenvalue weighted by Crippen LogP contribution is -2.50. The first-order valence-corrected chi connectivity index (χ1v) is 10.00. The van der Waals surface area contributed by atoms with Crippen LogP contribution >= 0.6 is 11.6 Å². The number of carbonyl (C=O) groups is 2. The zero-order valence-corrected chi connectivity index (χ0v) is 17.5. The van der Waals surface area contributed by atoms with E-state index in [4.69, 9.17) is 21.1 Å². The molecule has 0 unspecified atom stereocenters. The highest BCUT2D eigenvalue weighted by Gasteiger charge is 2.27. The van der Waals surface area contributed by atoms with Crippen LogP contribution in [0, 0.1) is 5.92 Å². The van der Waals surface area contributed by atoms with E-state index in [0.717, 1.165) is 5.56 Å². The Hall–Kier alpha value is -2.73. The molecule has 1 heterocycles. The Labute approximate surface area is 175 Å². The molecule has 0 bridgehead atoms. The van der Waals surface area contributed by atoms with Crippen LogP contribution in [0.3, 0.4) is 0 Å². The van der Waals surface area contributed by atoms with Crippen LogP contribution < -0.4 is 20.1 Å². The lowest BCUT2D eigenvalue weighted by atomic mass is 10.0. The number of benzene rings is 2. The molecule has 0 fully saturated rings. The van der Waals surface area contributed by atoms with E-state index in [1.54, 1.807) is 24.3 Å². The van der Waals surface area contributed by atoms with Crippen molar-refractivity contribution < 1.29 is 19.1 Å². The van der Waals surface area contributed by atoms with Gasteiger partial charge in [0.1, 0.15) is 19.3 Å². The smallest absolute Gasteiger partial charge is 0.253 e. The summed E-state index contributed by atoms with van der Waals surface area (Å²) in [7, 11) is 0. The first-order valence-electron chi connectivity index (χ1n) is 9.62. The molecule has 2 aromatic carbocycles. The molecule has 2 N–H and O–H groups in total. The van der Waals surface area contributed by atoms with Crippen LogP contribution in [0.2, 0.25) is 5.02 Å². The second kappa shape index (κ2) is 9.18. The molecule has 2 amide bonds. The highest BCUT2D eigenvalue weighted by atomic mass is 35.5. The predicted octanol–water partition coefficient (Wildman–Crippen LogP) is 3.74. The molecule has 2 aromatic rings. The van der Waals surface area contributed by atoms with Gasteiger partial charge in [-0.25, -0.2) is 0 Å². The van der Waals surface area contributed by atoms with Crippen molar-refractivity contribution in [1.82, 2.24) is 10.6 Å². The highest BCUT2D eigenvalue weighted by molar-refractivity contribution is 6.33. The number of fused-ring (bicyclic) bond motifs is 1. The number of nitrogens with one attached hydrogen (secondary N) is 2.